The topological polar surface area (TPSA) is 61.6 Å². The van der Waals surface area contributed by atoms with Gasteiger partial charge in [-0.3, -0.25) is 14.6 Å². The highest BCUT2D eigenvalue weighted by atomic mass is 16.4. The zero-order valence-corrected chi connectivity index (χ0v) is 24.6. The van der Waals surface area contributed by atoms with E-state index in [0.29, 0.717) is 12.1 Å². The smallest absolute Gasteiger partial charge is 0.317 e. The number of para-hydroxylation sites is 2. The fourth-order valence-corrected chi connectivity index (χ4v) is 10.00. The van der Waals surface area contributed by atoms with Gasteiger partial charge in [0.05, 0.1) is 17.6 Å². The Labute approximate surface area is 240 Å². The summed E-state index contributed by atoms with van der Waals surface area (Å²) < 4.78 is 2.65. The summed E-state index contributed by atoms with van der Waals surface area (Å²) in [5.74, 6) is 3.91. The molecular formula is C34H50N4O2. The summed E-state index contributed by atoms with van der Waals surface area (Å²) in [4.78, 5) is 22.1. The van der Waals surface area contributed by atoms with Crippen LogP contribution in [0.1, 0.15) is 102 Å². The third kappa shape index (κ3) is 5.35. The first-order valence-electron chi connectivity index (χ1n) is 16.7. The lowest BCUT2D eigenvalue weighted by Crippen LogP contribution is -2.49. The van der Waals surface area contributed by atoms with E-state index in [-0.39, 0.29) is 12.6 Å². The Morgan fingerprint density at radius 1 is 0.900 bits per heavy atom. The number of hydrogen-bond donors (Lipinski definition) is 1. The fraction of sp³-hybridized carbons (Fsp3) is 0.765. The van der Waals surface area contributed by atoms with Gasteiger partial charge in [0, 0.05) is 37.1 Å². The zero-order valence-electron chi connectivity index (χ0n) is 24.6. The molecule has 6 heteroatoms. The van der Waals surface area contributed by atoms with E-state index in [1.165, 1.54) is 88.5 Å². The normalized spacial score (nSPS) is 37.3. The van der Waals surface area contributed by atoms with Gasteiger partial charge in [0.2, 0.25) is 0 Å². The first kappa shape index (κ1) is 26.9. The lowest BCUT2D eigenvalue weighted by Gasteiger charge is -2.45. The van der Waals surface area contributed by atoms with Gasteiger partial charge in [-0.05, 0) is 100 Å². The van der Waals surface area contributed by atoms with Crippen LogP contribution in [0.3, 0.4) is 0 Å². The average molecular weight is 547 g/mol. The molecule has 5 aliphatic rings. The maximum atomic E-state index is 11.6. The van der Waals surface area contributed by atoms with Gasteiger partial charge in [0.15, 0.2) is 0 Å². The number of likely N-dealkylation sites (tertiary alicyclic amines) is 1. The molecule has 1 aromatic heterocycles. The quantitative estimate of drug-likeness (QED) is 0.446. The number of fused-ring (bicyclic) bond motifs is 6. The highest BCUT2D eigenvalue weighted by Crippen LogP contribution is 2.46. The molecular weight excluding hydrogens is 496 g/mol. The van der Waals surface area contributed by atoms with Gasteiger partial charge in [0.25, 0.3) is 0 Å². The number of rotatable bonds is 6. The van der Waals surface area contributed by atoms with Crippen LogP contribution in [0.5, 0.6) is 0 Å². The highest BCUT2D eigenvalue weighted by Gasteiger charge is 2.44. The standard InChI is InChI=1S/C34H50N4O2/c1-23-12-13-26-18-29(19-32(23)37(21-26)28-16-24-7-2-3-8-25(15-24)17-28)38-31-11-5-4-10-30(31)35-33(38)20-27-9-6-14-36(27)22-34(39)40/h4-5,10-11,23-29,32H,2-3,6-9,12-22H2,1H3,(H,39,40). The van der Waals surface area contributed by atoms with Crippen molar-refractivity contribution < 1.29 is 9.90 Å². The number of benzene rings is 1. The molecule has 4 heterocycles. The van der Waals surface area contributed by atoms with Gasteiger partial charge in [-0.15, -0.1) is 0 Å². The van der Waals surface area contributed by atoms with Crippen molar-refractivity contribution in [2.45, 2.75) is 121 Å². The van der Waals surface area contributed by atoms with Crippen molar-refractivity contribution in [2.75, 3.05) is 19.6 Å². The Kier molecular flexibility index (Phi) is 7.68. The van der Waals surface area contributed by atoms with Crippen molar-refractivity contribution in [1.82, 2.24) is 19.4 Å². The Hall–Kier alpha value is -1.92. The molecule has 0 spiro atoms. The van der Waals surface area contributed by atoms with Gasteiger partial charge < -0.3 is 9.67 Å². The fourth-order valence-electron chi connectivity index (χ4n) is 10.00. The van der Waals surface area contributed by atoms with Gasteiger partial charge in [-0.25, -0.2) is 4.98 Å². The van der Waals surface area contributed by atoms with Crippen LogP contribution in [0.25, 0.3) is 11.0 Å². The summed E-state index contributed by atoms with van der Waals surface area (Å²) in [5, 5.41) is 9.51. The summed E-state index contributed by atoms with van der Waals surface area (Å²) >= 11 is 0. The second kappa shape index (κ2) is 11.4. The van der Waals surface area contributed by atoms with Gasteiger partial charge in [-0.1, -0.05) is 44.7 Å². The Morgan fingerprint density at radius 3 is 2.48 bits per heavy atom. The lowest BCUT2D eigenvalue weighted by molar-refractivity contribution is -0.138. The molecule has 7 unspecified atom stereocenters. The van der Waals surface area contributed by atoms with Crippen LogP contribution in [0, 0.1) is 23.7 Å². The summed E-state index contributed by atoms with van der Waals surface area (Å²) in [6.45, 7) is 4.88. The van der Waals surface area contributed by atoms with Crippen LogP contribution in [-0.2, 0) is 11.2 Å². The van der Waals surface area contributed by atoms with Gasteiger partial charge >= 0.3 is 5.97 Å². The summed E-state index contributed by atoms with van der Waals surface area (Å²) in [6.07, 6.45) is 18.5. The molecule has 3 saturated heterocycles. The Morgan fingerprint density at radius 2 is 1.68 bits per heavy atom. The van der Waals surface area contributed by atoms with Crippen LogP contribution in [-0.4, -0.2) is 68.2 Å². The number of carboxylic acid groups (broad SMARTS) is 1. The summed E-state index contributed by atoms with van der Waals surface area (Å²) in [7, 11) is 0. The number of aromatic nitrogens is 2. The molecule has 4 bridgehead atoms. The molecule has 7 rings (SSSR count). The number of carbonyl (C=O) groups is 1. The molecule has 218 valence electrons. The van der Waals surface area contributed by atoms with Crippen molar-refractivity contribution in [2.24, 2.45) is 23.7 Å². The van der Waals surface area contributed by atoms with E-state index in [0.717, 1.165) is 61.0 Å². The van der Waals surface area contributed by atoms with Crippen molar-refractivity contribution in [3.8, 4) is 0 Å². The zero-order chi connectivity index (χ0) is 27.2. The van der Waals surface area contributed by atoms with E-state index in [2.05, 4.69) is 45.6 Å². The van der Waals surface area contributed by atoms with E-state index >= 15 is 0 Å². The molecule has 7 atom stereocenters. The van der Waals surface area contributed by atoms with E-state index in [1.807, 2.05) is 0 Å². The number of imidazole rings is 1. The van der Waals surface area contributed by atoms with Crippen molar-refractivity contribution in [1.29, 1.82) is 0 Å². The molecule has 40 heavy (non-hydrogen) atoms. The third-order valence-electron chi connectivity index (χ3n) is 11.8. The molecule has 1 aromatic carbocycles. The second-order valence-electron chi connectivity index (χ2n) is 14.4. The molecule has 1 N–H and O–H groups in total. The molecule has 2 aromatic rings. The van der Waals surface area contributed by atoms with Crippen LogP contribution in [0.15, 0.2) is 24.3 Å². The van der Waals surface area contributed by atoms with E-state index in [9.17, 15) is 9.90 Å². The van der Waals surface area contributed by atoms with Crippen LogP contribution in [0.2, 0.25) is 0 Å². The second-order valence-corrected chi connectivity index (χ2v) is 14.4. The maximum absolute atomic E-state index is 11.6. The summed E-state index contributed by atoms with van der Waals surface area (Å²) in [5.41, 5.74) is 2.39. The first-order chi connectivity index (χ1) is 19.5. The minimum atomic E-state index is -0.714. The van der Waals surface area contributed by atoms with Crippen LogP contribution < -0.4 is 0 Å². The lowest BCUT2D eigenvalue weighted by atomic mass is 9.76. The molecule has 3 aliphatic heterocycles. The van der Waals surface area contributed by atoms with Gasteiger partial charge in [0.1, 0.15) is 5.82 Å². The highest BCUT2D eigenvalue weighted by molar-refractivity contribution is 5.76. The molecule has 0 amide bonds. The van der Waals surface area contributed by atoms with E-state index in [1.54, 1.807) is 0 Å². The van der Waals surface area contributed by atoms with E-state index in [4.69, 9.17) is 4.98 Å². The molecule has 6 nitrogen and oxygen atoms in total. The minimum absolute atomic E-state index is 0.147. The largest absolute Gasteiger partial charge is 0.480 e. The number of hydrogen-bond acceptors (Lipinski definition) is 4. The summed E-state index contributed by atoms with van der Waals surface area (Å²) in [6, 6.07) is 10.9. The Bertz CT molecular complexity index is 1180. The van der Waals surface area contributed by atoms with E-state index < -0.39 is 5.97 Å². The Balaban J connectivity index is 1.20. The third-order valence-corrected chi connectivity index (χ3v) is 11.8. The molecule has 0 radical (unpaired) electrons. The molecule has 2 aliphatic carbocycles. The predicted molar refractivity (Wildman–Crippen MR) is 159 cm³/mol. The van der Waals surface area contributed by atoms with Crippen molar-refractivity contribution in [3.05, 3.63) is 30.1 Å². The van der Waals surface area contributed by atoms with Crippen molar-refractivity contribution >= 4 is 17.0 Å². The van der Waals surface area contributed by atoms with Gasteiger partial charge in [-0.2, -0.15) is 0 Å². The molecule has 5 fully saturated rings. The molecule has 2 saturated carbocycles. The maximum Gasteiger partial charge on any atom is 0.317 e. The van der Waals surface area contributed by atoms with Crippen LogP contribution >= 0.6 is 0 Å². The predicted octanol–water partition coefficient (Wildman–Crippen LogP) is 6.54. The first-order valence-corrected chi connectivity index (χ1v) is 16.7. The SMILES string of the molecule is CC1CCC2CC(n3c(CC4CCCN4CC(=O)O)nc4ccccc43)CC1N(C1CC3CCCCC(C3)C1)C2. The van der Waals surface area contributed by atoms with Crippen LogP contribution in [0.4, 0.5) is 0 Å². The van der Waals surface area contributed by atoms with Crippen molar-refractivity contribution in [3.63, 3.8) is 0 Å². The average Bonchev–Trinajstić information content (AvgIpc) is 3.34. The number of aliphatic carboxylic acids is 1. The minimum Gasteiger partial charge on any atom is -0.480 e. The monoisotopic (exact) mass is 546 g/mol. The number of carboxylic acids is 1. The number of nitrogens with zero attached hydrogens (tertiary/aromatic N) is 4.